The summed E-state index contributed by atoms with van der Waals surface area (Å²) in [6.07, 6.45) is 2.97. The zero-order chi connectivity index (χ0) is 10.8. The number of carbonyl (C=O) groups excluding carboxylic acids is 1. The van der Waals surface area contributed by atoms with Gasteiger partial charge in [0.05, 0.1) is 13.2 Å². The molecule has 0 fully saturated rings. The van der Waals surface area contributed by atoms with E-state index in [-0.39, 0.29) is 18.1 Å². The molecule has 0 aliphatic rings. The molecule has 4 nitrogen and oxygen atoms in total. The first-order chi connectivity index (χ1) is 6.70. The zero-order valence-electron chi connectivity index (χ0n) is 8.53. The number of hydrogen-bond donors (Lipinski definition) is 1. The molecule has 0 heterocycles. The molecular weight excluding hydrogens is 204 g/mol. The Labute approximate surface area is 87.1 Å². The summed E-state index contributed by atoms with van der Waals surface area (Å²) in [4.78, 5) is 11.0. The molecule has 0 rings (SSSR count). The normalized spacial score (nSPS) is 12.4. The second-order valence-electron chi connectivity index (χ2n) is 2.94. The molecule has 0 radical (unpaired) electrons. The molecule has 0 saturated heterocycles. The van der Waals surface area contributed by atoms with Crippen molar-refractivity contribution in [2.24, 2.45) is 0 Å². The standard InChI is InChI=1S/C9H18O4S/c1-2-3-4-6-13-9(11)8-14(12)7-5-10/h10H,2-8H2,1H3. The quantitative estimate of drug-likeness (QED) is 0.479. The highest BCUT2D eigenvalue weighted by Crippen LogP contribution is 1.95. The Hall–Kier alpha value is -0.420. The summed E-state index contributed by atoms with van der Waals surface area (Å²) < 4.78 is 15.8. The molecule has 0 aliphatic carbocycles. The predicted molar refractivity (Wildman–Crippen MR) is 55.4 cm³/mol. The smallest absolute Gasteiger partial charge is 0.318 e. The first-order valence-electron chi connectivity index (χ1n) is 4.82. The van der Waals surface area contributed by atoms with Gasteiger partial charge in [0, 0.05) is 16.6 Å². The fourth-order valence-electron chi connectivity index (χ4n) is 0.885. The number of aliphatic hydroxyl groups is 1. The molecule has 14 heavy (non-hydrogen) atoms. The fourth-order valence-corrected chi connectivity index (χ4v) is 1.58. The van der Waals surface area contributed by atoms with Crippen molar-refractivity contribution in [3.63, 3.8) is 0 Å². The van der Waals surface area contributed by atoms with Crippen LogP contribution in [-0.4, -0.2) is 40.0 Å². The molecule has 1 N–H and O–H groups in total. The second kappa shape index (κ2) is 9.15. The van der Waals surface area contributed by atoms with Crippen LogP contribution in [0.3, 0.4) is 0 Å². The Kier molecular flexibility index (Phi) is 8.87. The van der Waals surface area contributed by atoms with Gasteiger partial charge in [0.2, 0.25) is 0 Å². The lowest BCUT2D eigenvalue weighted by atomic mass is 10.3. The van der Waals surface area contributed by atoms with Crippen LogP contribution < -0.4 is 0 Å². The summed E-state index contributed by atoms with van der Waals surface area (Å²) in [5.74, 6) is -0.399. The summed E-state index contributed by atoms with van der Waals surface area (Å²) in [6, 6.07) is 0. The first-order valence-corrected chi connectivity index (χ1v) is 6.31. The van der Waals surface area contributed by atoms with Gasteiger partial charge in [-0.2, -0.15) is 0 Å². The molecule has 0 bridgehead atoms. The largest absolute Gasteiger partial charge is 0.465 e. The maximum atomic E-state index is 11.0. The van der Waals surface area contributed by atoms with Gasteiger partial charge in [-0.15, -0.1) is 0 Å². The SMILES string of the molecule is CCCCCOC(=O)CS(=O)CCO. The van der Waals surface area contributed by atoms with Gasteiger partial charge in [-0.05, 0) is 6.42 Å². The molecule has 0 aromatic heterocycles. The van der Waals surface area contributed by atoms with Crippen molar-refractivity contribution < 1.29 is 18.8 Å². The number of rotatable bonds is 8. The second-order valence-corrected chi connectivity index (χ2v) is 4.52. The molecule has 0 aromatic carbocycles. The van der Waals surface area contributed by atoms with E-state index in [4.69, 9.17) is 9.84 Å². The minimum absolute atomic E-state index is 0.104. The van der Waals surface area contributed by atoms with Crippen LogP contribution >= 0.6 is 0 Å². The Morgan fingerprint density at radius 2 is 2.14 bits per heavy atom. The molecule has 0 amide bonds. The van der Waals surface area contributed by atoms with Gasteiger partial charge >= 0.3 is 5.97 Å². The minimum Gasteiger partial charge on any atom is -0.465 e. The molecule has 0 spiro atoms. The van der Waals surface area contributed by atoms with Gasteiger partial charge in [-0.25, -0.2) is 0 Å². The van der Waals surface area contributed by atoms with E-state index >= 15 is 0 Å². The van der Waals surface area contributed by atoms with E-state index in [1.54, 1.807) is 0 Å². The van der Waals surface area contributed by atoms with E-state index in [9.17, 15) is 9.00 Å². The Morgan fingerprint density at radius 3 is 2.71 bits per heavy atom. The molecule has 5 heteroatoms. The van der Waals surface area contributed by atoms with Crippen molar-refractivity contribution >= 4 is 16.8 Å². The Bertz CT molecular complexity index is 182. The molecular formula is C9H18O4S. The molecule has 0 aromatic rings. The van der Waals surface area contributed by atoms with E-state index in [2.05, 4.69) is 6.92 Å². The van der Waals surface area contributed by atoms with Gasteiger partial charge in [-0.3, -0.25) is 9.00 Å². The minimum atomic E-state index is -1.28. The molecule has 0 aliphatic heterocycles. The Balaban J connectivity index is 3.40. The lowest BCUT2D eigenvalue weighted by Crippen LogP contribution is -2.17. The molecule has 0 saturated carbocycles. The van der Waals surface area contributed by atoms with Crippen LogP contribution in [-0.2, 0) is 20.3 Å². The number of esters is 1. The summed E-state index contributed by atoms with van der Waals surface area (Å²) >= 11 is 0. The zero-order valence-corrected chi connectivity index (χ0v) is 9.35. The lowest BCUT2D eigenvalue weighted by Gasteiger charge is -2.03. The average Bonchev–Trinajstić information content (AvgIpc) is 2.13. The van der Waals surface area contributed by atoms with Crippen molar-refractivity contribution in [1.29, 1.82) is 0 Å². The lowest BCUT2D eigenvalue weighted by molar-refractivity contribution is -0.140. The van der Waals surface area contributed by atoms with Crippen LogP contribution in [0.15, 0.2) is 0 Å². The van der Waals surface area contributed by atoms with Crippen molar-refractivity contribution in [1.82, 2.24) is 0 Å². The van der Waals surface area contributed by atoms with Gasteiger partial charge in [0.1, 0.15) is 5.75 Å². The third-order valence-electron chi connectivity index (χ3n) is 1.61. The topological polar surface area (TPSA) is 63.6 Å². The predicted octanol–water partition coefficient (Wildman–Crippen LogP) is 0.461. The summed E-state index contributed by atoms with van der Waals surface area (Å²) in [5.41, 5.74) is 0. The molecule has 84 valence electrons. The average molecular weight is 222 g/mol. The summed E-state index contributed by atoms with van der Waals surface area (Å²) in [6.45, 7) is 2.32. The number of unbranched alkanes of at least 4 members (excludes halogenated alkanes) is 2. The summed E-state index contributed by atoms with van der Waals surface area (Å²) in [5, 5.41) is 8.45. The van der Waals surface area contributed by atoms with Crippen molar-refractivity contribution in [3.05, 3.63) is 0 Å². The monoisotopic (exact) mass is 222 g/mol. The van der Waals surface area contributed by atoms with Crippen LogP contribution in [0.4, 0.5) is 0 Å². The van der Waals surface area contributed by atoms with Crippen LogP contribution in [0.5, 0.6) is 0 Å². The number of aliphatic hydroxyl groups excluding tert-OH is 1. The maximum Gasteiger partial charge on any atom is 0.318 e. The van der Waals surface area contributed by atoms with Crippen LogP contribution in [0.1, 0.15) is 26.2 Å². The third kappa shape index (κ3) is 8.19. The highest BCUT2D eigenvalue weighted by Gasteiger charge is 2.07. The molecule has 1 atom stereocenters. The third-order valence-corrected chi connectivity index (χ3v) is 2.80. The van der Waals surface area contributed by atoms with Crippen LogP contribution in [0, 0.1) is 0 Å². The number of ether oxygens (including phenoxy) is 1. The van der Waals surface area contributed by atoms with E-state index in [0.717, 1.165) is 19.3 Å². The van der Waals surface area contributed by atoms with E-state index in [1.165, 1.54) is 0 Å². The number of hydrogen-bond acceptors (Lipinski definition) is 4. The fraction of sp³-hybridized carbons (Fsp3) is 0.889. The first kappa shape index (κ1) is 13.6. The van der Waals surface area contributed by atoms with Gasteiger partial charge in [0.25, 0.3) is 0 Å². The van der Waals surface area contributed by atoms with Gasteiger partial charge in [0.15, 0.2) is 0 Å². The van der Waals surface area contributed by atoms with Crippen molar-refractivity contribution in [2.45, 2.75) is 26.2 Å². The maximum absolute atomic E-state index is 11.0. The number of carbonyl (C=O) groups is 1. The highest BCUT2D eigenvalue weighted by molar-refractivity contribution is 7.85. The van der Waals surface area contributed by atoms with Crippen molar-refractivity contribution in [3.8, 4) is 0 Å². The molecule has 1 unspecified atom stereocenters. The van der Waals surface area contributed by atoms with Crippen molar-refractivity contribution in [2.75, 3.05) is 24.7 Å². The van der Waals surface area contributed by atoms with Gasteiger partial charge in [-0.1, -0.05) is 19.8 Å². The van der Waals surface area contributed by atoms with Crippen LogP contribution in [0.2, 0.25) is 0 Å². The highest BCUT2D eigenvalue weighted by atomic mass is 32.2. The Morgan fingerprint density at radius 1 is 1.43 bits per heavy atom. The van der Waals surface area contributed by atoms with Crippen LogP contribution in [0.25, 0.3) is 0 Å². The van der Waals surface area contributed by atoms with E-state index < -0.39 is 16.8 Å². The van der Waals surface area contributed by atoms with E-state index in [1.807, 2.05) is 0 Å². The van der Waals surface area contributed by atoms with Gasteiger partial charge < -0.3 is 9.84 Å². The van der Waals surface area contributed by atoms with E-state index in [0.29, 0.717) is 6.61 Å². The summed E-state index contributed by atoms with van der Waals surface area (Å²) in [7, 11) is -1.28.